The number of nitrogens with one attached hydrogen (secondary N) is 1. The smallest absolute Gasteiger partial charge is 0.311 e. The van der Waals surface area contributed by atoms with E-state index >= 15 is 0 Å². The number of aromatic nitrogens is 1. The minimum atomic E-state index is -0.226. The summed E-state index contributed by atoms with van der Waals surface area (Å²) in [5, 5.41) is 10.4. The zero-order valence-corrected chi connectivity index (χ0v) is 13.2. The van der Waals surface area contributed by atoms with Crippen molar-refractivity contribution in [3.8, 4) is 0 Å². The van der Waals surface area contributed by atoms with Gasteiger partial charge in [-0.15, -0.1) is 11.3 Å². The molecule has 0 amide bonds. The molecule has 0 bridgehead atoms. The monoisotopic (exact) mass is 310 g/mol. The fourth-order valence-electron chi connectivity index (χ4n) is 1.84. The summed E-state index contributed by atoms with van der Waals surface area (Å²) in [6, 6.07) is 2.45. The fraction of sp³-hybridized carbons (Fsp3) is 0.429. The summed E-state index contributed by atoms with van der Waals surface area (Å²) >= 11 is 3.23. The normalized spacial score (nSPS) is 12.1. The standard InChI is InChI=1S/C14H18N2O2S2/c1-3-18-13(17)7-12-9-20-14(16-12)15-10(2)6-11-4-5-19-8-11/h4-5,8-10H,3,6-7H2,1-2H3,(H,15,16). The molecule has 0 aromatic carbocycles. The van der Waals surface area contributed by atoms with E-state index in [0.29, 0.717) is 12.6 Å². The average molecular weight is 310 g/mol. The van der Waals surface area contributed by atoms with Crippen molar-refractivity contribution in [3.05, 3.63) is 33.5 Å². The van der Waals surface area contributed by atoms with Crippen LogP contribution in [0.1, 0.15) is 25.1 Å². The number of thiazole rings is 1. The summed E-state index contributed by atoms with van der Waals surface area (Å²) in [7, 11) is 0. The molecule has 4 nitrogen and oxygen atoms in total. The van der Waals surface area contributed by atoms with Gasteiger partial charge < -0.3 is 10.1 Å². The molecule has 6 heteroatoms. The molecule has 0 saturated heterocycles. The molecular weight excluding hydrogens is 292 g/mol. The third-order valence-corrected chi connectivity index (χ3v) is 4.23. The lowest BCUT2D eigenvalue weighted by molar-refractivity contribution is -0.142. The molecule has 0 aliphatic heterocycles. The van der Waals surface area contributed by atoms with Crippen molar-refractivity contribution in [1.29, 1.82) is 0 Å². The van der Waals surface area contributed by atoms with Crippen LogP contribution in [0.2, 0.25) is 0 Å². The zero-order chi connectivity index (χ0) is 14.4. The molecule has 20 heavy (non-hydrogen) atoms. The van der Waals surface area contributed by atoms with Gasteiger partial charge in [-0.2, -0.15) is 11.3 Å². The molecule has 0 fully saturated rings. The van der Waals surface area contributed by atoms with Crippen LogP contribution in [0.15, 0.2) is 22.2 Å². The van der Waals surface area contributed by atoms with Crippen LogP contribution in [0, 0.1) is 0 Å². The lowest BCUT2D eigenvalue weighted by atomic mass is 10.1. The summed E-state index contributed by atoms with van der Waals surface area (Å²) < 4.78 is 4.91. The lowest BCUT2D eigenvalue weighted by Crippen LogP contribution is -2.17. The molecule has 1 atom stereocenters. The summed E-state index contributed by atoms with van der Waals surface area (Å²) in [5.74, 6) is -0.226. The van der Waals surface area contributed by atoms with Crippen LogP contribution in [0.5, 0.6) is 0 Å². The number of esters is 1. The van der Waals surface area contributed by atoms with Crippen LogP contribution in [0.4, 0.5) is 5.13 Å². The molecular formula is C14H18N2O2S2. The number of ether oxygens (including phenoxy) is 1. The van der Waals surface area contributed by atoms with Gasteiger partial charge in [0.1, 0.15) is 0 Å². The number of rotatable bonds is 7. The van der Waals surface area contributed by atoms with Crippen molar-refractivity contribution in [1.82, 2.24) is 4.98 Å². The van der Waals surface area contributed by atoms with Gasteiger partial charge in [0, 0.05) is 11.4 Å². The second-order valence-electron chi connectivity index (χ2n) is 4.51. The Bertz CT molecular complexity index is 537. The third-order valence-electron chi connectivity index (χ3n) is 2.67. The summed E-state index contributed by atoms with van der Waals surface area (Å²) in [4.78, 5) is 15.8. The van der Waals surface area contributed by atoms with Gasteiger partial charge in [-0.1, -0.05) is 0 Å². The van der Waals surface area contributed by atoms with Gasteiger partial charge in [-0.3, -0.25) is 4.79 Å². The molecule has 0 radical (unpaired) electrons. The molecule has 1 N–H and O–H groups in total. The highest BCUT2D eigenvalue weighted by Crippen LogP contribution is 2.18. The fourth-order valence-corrected chi connectivity index (χ4v) is 3.34. The van der Waals surface area contributed by atoms with Gasteiger partial charge >= 0.3 is 5.97 Å². The van der Waals surface area contributed by atoms with E-state index in [0.717, 1.165) is 17.2 Å². The third kappa shape index (κ3) is 4.61. The van der Waals surface area contributed by atoms with Gasteiger partial charge in [0.25, 0.3) is 0 Å². The van der Waals surface area contributed by atoms with Gasteiger partial charge in [0.05, 0.1) is 18.7 Å². The first kappa shape index (κ1) is 15.0. The minimum absolute atomic E-state index is 0.226. The summed E-state index contributed by atoms with van der Waals surface area (Å²) in [6.07, 6.45) is 1.21. The maximum Gasteiger partial charge on any atom is 0.311 e. The van der Waals surface area contributed by atoms with Gasteiger partial charge in [0.15, 0.2) is 5.13 Å². The van der Waals surface area contributed by atoms with E-state index in [1.54, 1.807) is 18.3 Å². The Hall–Kier alpha value is -1.40. The molecule has 2 aromatic rings. The quantitative estimate of drug-likeness (QED) is 0.797. The first-order valence-electron chi connectivity index (χ1n) is 6.55. The molecule has 0 aliphatic rings. The second kappa shape index (κ2) is 7.40. The van der Waals surface area contributed by atoms with Crippen molar-refractivity contribution in [2.75, 3.05) is 11.9 Å². The number of thiophene rings is 1. The highest BCUT2D eigenvalue weighted by Gasteiger charge is 2.10. The van der Waals surface area contributed by atoms with E-state index in [-0.39, 0.29) is 12.4 Å². The van der Waals surface area contributed by atoms with Crippen molar-refractivity contribution >= 4 is 33.8 Å². The molecule has 0 saturated carbocycles. The number of anilines is 1. The predicted octanol–water partition coefficient (Wildman–Crippen LogP) is 3.35. The maximum absolute atomic E-state index is 11.4. The second-order valence-corrected chi connectivity index (χ2v) is 6.15. The van der Waals surface area contributed by atoms with E-state index in [1.165, 1.54) is 16.9 Å². The number of hydrogen-bond acceptors (Lipinski definition) is 6. The predicted molar refractivity (Wildman–Crippen MR) is 83.6 cm³/mol. The Balaban J connectivity index is 1.84. The topological polar surface area (TPSA) is 51.2 Å². The van der Waals surface area contributed by atoms with Gasteiger partial charge in [-0.05, 0) is 42.7 Å². The summed E-state index contributed by atoms with van der Waals surface area (Å²) in [5.41, 5.74) is 2.09. The van der Waals surface area contributed by atoms with Crippen LogP contribution < -0.4 is 5.32 Å². The zero-order valence-electron chi connectivity index (χ0n) is 11.6. The molecule has 2 aromatic heterocycles. The Kier molecular flexibility index (Phi) is 5.55. The molecule has 2 rings (SSSR count). The first-order chi connectivity index (χ1) is 9.67. The maximum atomic E-state index is 11.4. The largest absolute Gasteiger partial charge is 0.466 e. The summed E-state index contributed by atoms with van der Waals surface area (Å²) in [6.45, 7) is 4.34. The molecule has 108 valence electrons. The van der Waals surface area contributed by atoms with Gasteiger partial charge in [0.2, 0.25) is 0 Å². The number of carbonyl (C=O) groups excluding carboxylic acids is 1. The molecule has 2 heterocycles. The Morgan fingerprint density at radius 3 is 3.05 bits per heavy atom. The SMILES string of the molecule is CCOC(=O)Cc1csc(NC(C)Cc2ccsc2)n1. The van der Waals surface area contributed by atoms with Crippen molar-refractivity contribution in [3.63, 3.8) is 0 Å². The van der Waals surface area contributed by atoms with Crippen molar-refractivity contribution in [2.45, 2.75) is 32.7 Å². The van der Waals surface area contributed by atoms with Crippen LogP contribution in [-0.2, 0) is 22.4 Å². The molecule has 0 aliphatic carbocycles. The Morgan fingerprint density at radius 1 is 1.50 bits per heavy atom. The highest BCUT2D eigenvalue weighted by atomic mass is 32.1. The van der Waals surface area contributed by atoms with Gasteiger partial charge in [-0.25, -0.2) is 4.98 Å². The van der Waals surface area contributed by atoms with Crippen LogP contribution in [0.3, 0.4) is 0 Å². The van der Waals surface area contributed by atoms with Crippen molar-refractivity contribution < 1.29 is 9.53 Å². The van der Waals surface area contributed by atoms with Crippen LogP contribution in [-0.4, -0.2) is 23.6 Å². The first-order valence-corrected chi connectivity index (χ1v) is 8.37. The minimum Gasteiger partial charge on any atom is -0.466 e. The molecule has 0 spiro atoms. The number of hydrogen-bond donors (Lipinski definition) is 1. The van der Waals surface area contributed by atoms with E-state index in [4.69, 9.17) is 4.74 Å². The Labute approximate surface area is 126 Å². The van der Waals surface area contributed by atoms with E-state index in [1.807, 2.05) is 5.38 Å². The van der Waals surface area contributed by atoms with Crippen molar-refractivity contribution in [2.24, 2.45) is 0 Å². The lowest BCUT2D eigenvalue weighted by Gasteiger charge is -2.11. The number of carbonyl (C=O) groups is 1. The van der Waals surface area contributed by atoms with E-state index in [9.17, 15) is 4.79 Å². The number of nitrogens with zero attached hydrogens (tertiary/aromatic N) is 1. The highest BCUT2D eigenvalue weighted by molar-refractivity contribution is 7.13. The average Bonchev–Trinajstić information content (AvgIpc) is 3.02. The van der Waals surface area contributed by atoms with E-state index < -0.39 is 0 Å². The van der Waals surface area contributed by atoms with E-state index in [2.05, 4.69) is 34.1 Å². The van der Waals surface area contributed by atoms with Crippen LogP contribution in [0.25, 0.3) is 0 Å². The van der Waals surface area contributed by atoms with Crippen LogP contribution >= 0.6 is 22.7 Å². The Morgan fingerprint density at radius 2 is 2.35 bits per heavy atom. The molecule has 1 unspecified atom stereocenters.